The van der Waals surface area contributed by atoms with E-state index in [1.54, 1.807) is 27.8 Å². The molecule has 0 aromatic carbocycles. The molecule has 2 rings (SSSR count). The lowest BCUT2D eigenvalue weighted by Gasteiger charge is -2.17. The van der Waals surface area contributed by atoms with Gasteiger partial charge in [0.15, 0.2) is 0 Å². The highest BCUT2D eigenvalue weighted by Crippen LogP contribution is 2.29. The fourth-order valence-electron chi connectivity index (χ4n) is 3.18. The van der Waals surface area contributed by atoms with Gasteiger partial charge >= 0.3 is 6.09 Å². The van der Waals surface area contributed by atoms with E-state index in [4.69, 9.17) is 14.2 Å². The molecule has 1 aromatic rings. The summed E-state index contributed by atoms with van der Waals surface area (Å²) in [6.07, 6.45) is 11.8. The molecular weight excluding hydrogens is 474 g/mol. The first kappa shape index (κ1) is 28.5. The Balaban J connectivity index is 1.31. The lowest BCUT2D eigenvalue weighted by atomic mass is 9.95. The van der Waals surface area contributed by atoms with Gasteiger partial charge in [0.05, 0.1) is 33.0 Å². The van der Waals surface area contributed by atoms with Gasteiger partial charge in [-0.25, -0.2) is 9.78 Å². The van der Waals surface area contributed by atoms with Crippen molar-refractivity contribution in [2.75, 3.05) is 51.9 Å². The summed E-state index contributed by atoms with van der Waals surface area (Å²) in [6, 6.07) is 5.77. The van der Waals surface area contributed by atoms with Crippen LogP contribution in [0.2, 0.25) is 0 Å². The Morgan fingerprint density at radius 3 is 2.59 bits per heavy atom. The Labute approximate surface area is 210 Å². The molecule has 0 bridgehead atoms. The smallest absolute Gasteiger partial charge is 0.407 e. The third kappa shape index (κ3) is 15.2. The van der Waals surface area contributed by atoms with Crippen LogP contribution < -0.4 is 10.6 Å². The van der Waals surface area contributed by atoms with Gasteiger partial charge in [-0.1, -0.05) is 29.0 Å². The molecule has 1 unspecified atom stereocenters. The molecule has 2 amide bonds. The molecule has 10 heteroatoms. The molecule has 8 nitrogen and oxygen atoms in total. The number of nitrogens with one attached hydrogen (secondary N) is 2. The molecule has 0 fully saturated rings. The SMILES string of the molecule is O=C(CCSSc1ccccn1)NCCOCCOCCNC(=O)OCC1CC/C=C\CCC1. The number of aromatic nitrogens is 1. The van der Waals surface area contributed by atoms with E-state index in [-0.39, 0.29) is 12.0 Å². The first-order chi connectivity index (χ1) is 16.7. The van der Waals surface area contributed by atoms with Crippen molar-refractivity contribution >= 4 is 33.6 Å². The second-order valence-corrected chi connectivity index (χ2v) is 10.2. The Hall–Kier alpha value is -1.75. The quantitative estimate of drug-likeness (QED) is 0.193. The maximum Gasteiger partial charge on any atom is 0.407 e. The first-order valence-electron chi connectivity index (χ1n) is 11.9. The zero-order valence-electron chi connectivity index (χ0n) is 19.7. The Kier molecular flexibility index (Phi) is 16.4. The van der Waals surface area contributed by atoms with E-state index in [2.05, 4.69) is 27.8 Å². The first-order valence-corrected chi connectivity index (χ1v) is 14.2. The van der Waals surface area contributed by atoms with Crippen molar-refractivity contribution in [2.45, 2.75) is 43.6 Å². The van der Waals surface area contributed by atoms with Crippen molar-refractivity contribution in [1.29, 1.82) is 0 Å². The van der Waals surface area contributed by atoms with Crippen molar-refractivity contribution in [3.05, 3.63) is 36.5 Å². The fraction of sp³-hybridized carbons (Fsp3) is 0.625. The fourth-order valence-corrected chi connectivity index (χ4v) is 5.05. The number of pyridine rings is 1. The van der Waals surface area contributed by atoms with E-state index in [0.717, 1.165) is 42.9 Å². The number of ether oxygens (including phenoxy) is 3. The topological polar surface area (TPSA) is 98.8 Å². The van der Waals surface area contributed by atoms with Crippen LogP contribution >= 0.6 is 21.6 Å². The molecule has 0 saturated carbocycles. The van der Waals surface area contributed by atoms with E-state index in [0.29, 0.717) is 58.5 Å². The summed E-state index contributed by atoms with van der Waals surface area (Å²) in [7, 11) is 3.18. The summed E-state index contributed by atoms with van der Waals surface area (Å²) in [5, 5.41) is 6.49. The summed E-state index contributed by atoms with van der Waals surface area (Å²) in [5.41, 5.74) is 0. The lowest BCUT2D eigenvalue weighted by Crippen LogP contribution is -2.30. The molecule has 1 aliphatic rings. The normalized spacial score (nSPS) is 16.8. The van der Waals surface area contributed by atoms with Gasteiger partial charge in [0, 0.05) is 31.5 Å². The van der Waals surface area contributed by atoms with Crippen molar-refractivity contribution in [3.63, 3.8) is 0 Å². The highest BCUT2D eigenvalue weighted by Gasteiger charge is 2.12. The number of carbonyl (C=O) groups is 2. The van der Waals surface area contributed by atoms with Gasteiger partial charge in [0.1, 0.15) is 5.03 Å². The van der Waals surface area contributed by atoms with E-state index in [1.165, 1.54) is 0 Å². The number of allylic oxidation sites excluding steroid dienone is 2. The molecule has 1 aromatic heterocycles. The number of hydrogen-bond acceptors (Lipinski definition) is 8. The standard InChI is InChI=1S/C24H37N3O5S2/c28-22(11-19-33-34-23-10-6-7-12-26-23)25-13-15-30-17-18-31-16-14-27-24(29)32-20-21-8-4-2-1-3-5-9-21/h1-2,6-7,10,12,21H,3-5,8-9,11,13-20H2,(H,25,28)(H,27,29)/b2-1-. The Morgan fingerprint density at radius 1 is 1.00 bits per heavy atom. The molecule has 0 saturated heterocycles. The van der Waals surface area contributed by atoms with Crippen LogP contribution in [0.4, 0.5) is 4.79 Å². The largest absolute Gasteiger partial charge is 0.449 e. The minimum atomic E-state index is -0.387. The Bertz CT molecular complexity index is 709. The number of rotatable bonds is 16. The van der Waals surface area contributed by atoms with Gasteiger partial charge in [0.25, 0.3) is 0 Å². The van der Waals surface area contributed by atoms with Crippen LogP contribution in [0.25, 0.3) is 0 Å². The number of nitrogens with zero attached hydrogens (tertiary/aromatic N) is 1. The molecule has 2 N–H and O–H groups in total. The summed E-state index contributed by atoms with van der Waals surface area (Å²) in [6.45, 7) is 3.06. The van der Waals surface area contributed by atoms with E-state index in [9.17, 15) is 9.59 Å². The number of carbonyl (C=O) groups excluding carboxylic acids is 2. The van der Waals surface area contributed by atoms with Crippen LogP contribution in [0.1, 0.15) is 38.5 Å². The van der Waals surface area contributed by atoms with Crippen LogP contribution in [0, 0.1) is 5.92 Å². The van der Waals surface area contributed by atoms with E-state index in [1.807, 2.05) is 18.2 Å². The van der Waals surface area contributed by atoms with E-state index < -0.39 is 0 Å². The van der Waals surface area contributed by atoms with Crippen LogP contribution in [0.15, 0.2) is 41.6 Å². The molecule has 1 aliphatic carbocycles. The summed E-state index contributed by atoms with van der Waals surface area (Å²) >= 11 is 0. The van der Waals surface area contributed by atoms with Gasteiger partial charge in [-0.3, -0.25) is 4.79 Å². The number of amides is 2. The predicted octanol–water partition coefficient (Wildman–Crippen LogP) is 4.22. The molecule has 0 radical (unpaired) electrons. The van der Waals surface area contributed by atoms with Crippen LogP contribution in [0.3, 0.4) is 0 Å². The average Bonchev–Trinajstić information content (AvgIpc) is 2.83. The minimum absolute atomic E-state index is 0.0123. The minimum Gasteiger partial charge on any atom is -0.449 e. The maximum absolute atomic E-state index is 11.8. The monoisotopic (exact) mass is 511 g/mol. The molecule has 34 heavy (non-hydrogen) atoms. The Morgan fingerprint density at radius 2 is 1.79 bits per heavy atom. The molecule has 0 aliphatic heterocycles. The van der Waals surface area contributed by atoms with E-state index >= 15 is 0 Å². The average molecular weight is 512 g/mol. The third-order valence-electron chi connectivity index (χ3n) is 4.99. The van der Waals surface area contributed by atoms with Crippen LogP contribution in [-0.4, -0.2) is 68.9 Å². The van der Waals surface area contributed by atoms with Crippen molar-refractivity contribution in [3.8, 4) is 0 Å². The maximum atomic E-state index is 11.8. The summed E-state index contributed by atoms with van der Waals surface area (Å²) in [4.78, 5) is 27.8. The van der Waals surface area contributed by atoms with Crippen molar-refractivity contribution < 1.29 is 23.8 Å². The van der Waals surface area contributed by atoms with Crippen molar-refractivity contribution in [1.82, 2.24) is 15.6 Å². The van der Waals surface area contributed by atoms with Gasteiger partial charge in [0.2, 0.25) is 5.91 Å². The zero-order valence-corrected chi connectivity index (χ0v) is 21.4. The zero-order chi connectivity index (χ0) is 24.1. The molecule has 1 atom stereocenters. The molecule has 0 spiro atoms. The van der Waals surface area contributed by atoms with Gasteiger partial charge < -0.3 is 24.8 Å². The van der Waals surface area contributed by atoms with Gasteiger partial charge in [-0.2, -0.15) is 0 Å². The van der Waals surface area contributed by atoms with Crippen LogP contribution in [-0.2, 0) is 19.0 Å². The molecule has 1 heterocycles. The van der Waals surface area contributed by atoms with Gasteiger partial charge in [-0.15, -0.1) is 0 Å². The van der Waals surface area contributed by atoms with Crippen LogP contribution in [0.5, 0.6) is 0 Å². The van der Waals surface area contributed by atoms with Crippen molar-refractivity contribution in [2.24, 2.45) is 5.92 Å². The highest BCUT2D eigenvalue weighted by atomic mass is 33.1. The predicted molar refractivity (Wildman–Crippen MR) is 137 cm³/mol. The number of hydrogen-bond donors (Lipinski definition) is 2. The lowest BCUT2D eigenvalue weighted by molar-refractivity contribution is -0.120. The van der Waals surface area contributed by atoms with Gasteiger partial charge in [-0.05, 0) is 60.9 Å². The summed E-state index contributed by atoms with van der Waals surface area (Å²) < 4.78 is 16.2. The molecule has 190 valence electrons. The summed E-state index contributed by atoms with van der Waals surface area (Å²) in [5.74, 6) is 1.18. The molecular formula is C24H37N3O5S2. The second-order valence-electron chi connectivity index (χ2n) is 7.77. The number of alkyl carbamates (subject to hydrolysis) is 1. The highest BCUT2D eigenvalue weighted by molar-refractivity contribution is 8.76. The second kappa shape index (κ2) is 19.5. The third-order valence-corrected chi connectivity index (χ3v) is 7.26.